The Hall–Kier alpha value is -4.21. The molecule has 1 aromatic heterocycles. The van der Waals surface area contributed by atoms with Crippen molar-refractivity contribution in [1.82, 2.24) is 4.90 Å². The number of nitrogens with two attached hydrogens (primary N) is 1. The summed E-state index contributed by atoms with van der Waals surface area (Å²) < 4.78 is 35.1. The van der Waals surface area contributed by atoms with Crippen LogP contribution >= 0.6 is 39.3 Å². The van der Waals surface area contributed by atoms with Gasteiger partial charge in [0.1, 0.15) is 11.5 Å². The summed E-state index contributed by atoms with van der Waals surface area (Å²) in [5.74, 6) is 0.0321. The number of nitrogens with one attached hydrogen (secondary N) is 1. The highest BCUT2D eigenvalue weighted by Gasteiger charge is 2.34. The molecule has 4 aromatic rings. The van der Waals surface area contributed by atoms with Crippen LogP contribution in [0.4, 0.5) is 5.69 Å². The van der Waals surface area contributed by atoms with Crippen LogP contribution in [0.2, 0.25) is 5.02 Å². The minimum Gasteiger partial charge on any atom is -0.483 e. The number of carbonyl (C=O) groups is 2. The molecular formula is C30H23BrClN5O6S2. The van der Waals surface area contributed by atoms with Gasteiger partial charge in [-0.05, 0) is 90.1 Å². The van der Waals surface area contributed by atoms with Crippen LogP contribution in [0.15, 0.2) is 114 Å². The number of nitrogens with zero attached hydrogens (tertiary/aromatic N) is 3. The topological polar surface area (TPSA) is 157 Å². The van der Waals surface area contributed by atoms with Gasteiger partial charge in [0.2, 0.25) is 10.0 Å². The highest BCUT2D eigenvalue weighted by molar-refractivity contribution is 9.10. The Kier molecular flexibility index (Phi) is 10.2. The Morgan fingerprint density at radius 1 is 1.11 bits per heavy atom. The van der Waals surface area contributed by atoms with E-state index in [0.717, 1.165) is 21.8 Å². The molecule has 11 nitrogen and oxygen atoms in total. The molecule has 1 aliphatic heterocycles. The normalized spacial score (nSPS) is 15.4. The second-order valence-corrected chi connectivity index (χ2v) is 13.3. The fourth-order valence-corrected chi connectivity index (χ4v) is 5.83. The zero-order valence-electron chi connectivity index (χ0n) is 23.1. The number of hydrogen-bond donors (Lipinski definition) is 2. The van der Waals surface area contributed by atoms with E-state index in [0.29, 0.717) is 37.9 Å². The third-order valence-electron chi connectivity index (χ3n) is 6.09. The highest BCUT2D eigenvalue weighted by atomic mass is 79.9. The number of benzene rings is 3. The SMILES string of the molecule is NS(=O)(=O)c1ccc(NC(=O)COc2ccc(Cl)cc2/C=C2\S/C(=N/N=C\c3ccc(Br)cc3)N(Cc3ccco3)C2=O)cc1. The monoisotopic (exact) mass is 727 g/mol. The summed E-state index contributed by atoms with van der Waals surface area (Å²) in [5.41, 5.74) is 1.64. The van der Waals surface area contributed by atoms with E-state index in [4.69, 9.17) is 25.9 Å². The van der Waals surface area contributed by atoms with Gasteiger partial charge < -0.3 is 14.5 Å². The van der Waals surface area contributed by atoms with Gasteiger partial charge in [-0.25, -0.2) is 13.6 Å². The lowest BCUT2D eigenvalue weighted by atomic mass is 10.2. The number of primary sulfonamides is 1. The number of hydrogen-bond acceptors (Lipinski definition) is 9. The van der Waals surface area contributed by atoms with Gasteiger partial charge in [0.05, 0.1) is 28.8 Å². The van der Waals surface area contributed by atoms with Crippen LogP contribution in [-0.4, -0.2) is 43.1 Å². The summed E-state index contributed by atoms with van der Waals surface area (Å²) in [6.07, 6.45) is 4.71. The Labute approximate surface area is 276 Å². The number of anilines is 1. The summed E-state index contributed by atoms with van der Waals surface area (Å²) in [7, 11) is -3.86. The Balaban J connectivity index is 1.34. The first-order chi connectivity index (χ1) is 21.5. The standard InChI is InChI=1S/C30H23BrClN5O6S2/c31-21-5-3-19(4-6-21)16-34-36-30-37(17-24-2-1-13-42-24)29(39)27(44-30)15-20-14-22(32)7-12-26(20)43-18-28(38)35-23-8-10-25(11-9-23)45(33,40)41/h1-16H,17-18H2,(H,35,38)(H2,33,40,41)/b27-15-,34-16-,36-30+. The number of sulfonamides is 1. The first kappa shape index (κ1) is 32.2. The first-order valence-corrected chi connectivity index (χ1v) is 16.5. The Morgan fingerprint density at radius 2 is 1.87 bits per heavy atom. The predicted octanol–water partition coefficient (Wildman–Crippen LogP) is 5.87. The number of furan rings is 1. The van der Waals surface area contributed by atoms with E-state index in [1.807, 2.05) is 24.3 Å². The third kappa shape index (κ3) is 8.71. The summed E-state index contributed by atoms with van der Waals surface area (Å²) in [6, 6.07) is 21.2. The van der Waals surface area contributed by atoms with Crippen LogP contribution < -0.4 is 15.2 Å². The number of carbonyl (C=O) groups excluding carboxylic acids is 2. The highest BCUT2D eigenvalue weighted by Crippen LogP contribution is 2.36. The van der Waals surface area contributed by atoms with Gasteiger partial charge in [0.15, 0.2) is 11.8 Å². The molecule has 3 N–H and O–H groups in total. The molecule has 15 heteroatoms. The van der Waals surface area contributed by atoms with Crippen molar-refractivity contribution in [2.45, 2.75) is 11.4 Å². The Morgan fingerprint density at radius 3 is 2.56 bits per heavy atom. The van der Waals surface area contributed by atoms with E-state index < -0.39 is 15.9 Å². The summed E-state index contributed by atoms with van der Waals surface area (Å²) in [4.78, 5) is 27.8. The molecule has 1 aliphatic rings. The summed E-state index contributed by atoms with van der Waals surface area (Å²) >= 11 is 10.8. The zero-order valence-corrected chi connectivity index (χ0v) is 27.1. The largest absolute Gasteiger partial charge is 0.483 e. The lowest BCUT2D eigenvalue weighted by Crippen LogP contribution is -2.28. The molecule has 1 fully saturated rings. The molecule has 2 amide bonds. The number of amidine groups is 1. The van der Waals surface area contributed by atoms with E-state index >= 15 is 0 Å². The molecule has 0 unspecified atom stereocenters. The van der Waals surface area contributed by atoms with Crippen molar-refractivity contribution >= 4 is 84.3 Å². The molecule has 0 aliphatic carbocycles. The van der Waals surface area contributed by atoms with Crippen LogP contribution in [-0.2, 0) is 26.2 Å². The molecule has 0 saturated carbocycles. The number of rotatable bonds is 10. The van der Waals surface area contributed by atoms with Crippen LogP contribution in [0.1, 0.15) is 16.9 Å². The van der Waals surface area contributed by atoms with Crippen LogP contribution in [0.25, 0.3) is 6.08 Å². The maximum Gasteiger partial charge on any atom is 0.267 e. The van der Waals surface area contributed by atoms with Crippen LogP contribution in [0.3, 0.4) is 0 Å². The zero-order chi connectivity index (χ0) is 32.0. The molecule has 2 heterocycles. The van der Waals surface area contributed by atoms with Crippen molar-refractivity contribution in [3.8, 4) is 5.75 Å². The van der Waals surface area contributed by atoms with E-state index in [1.54, 1.807) is 42.6 Å². The van der Waals surface area contributed by atoms with E-state index in [-0.39, 0.29) is 24.0 Å². The fraction of sp³-hybridized carbons (Fsp3) is 0.0667. The molecule has 230 valence electrons. The third-order valence-corrected chi connectivity index (χ3v) is 8.78. The fourth-order valence-electron chi connectivity index (χ4n) is 3.95. The van der Waals surface area contributed by atoms with E-state index in [9.17, 15) is 18.0 Å². The molecule has 0 atom stereocenters. The van der Waals surface area contributed by atoms with Crippen molar-refractivity contribution in [3.05, 3.63) is 116 Å². The van der Waals surface area contributed by atoms with Gasteiger partial charge in [-0.3, -0.25) is 14.5 Å². The number of halogens is 2. The van der Waals surface area contributed by atoms with Crippen molar-refractivity contribution in [3.63, 3.8) is 0 Å². The number of ether oxygens (including phenoxy) is 1. The lowest BCUT2D eigenvalue weighted by Gasteiger charge is -2.13. The molecular weight excluding hydrogens is 706 g/mol. The molecule has 45 heavy (non-hydrogen) atoms. The Bertz CT molecular complexity index is 1910. The van der Waals surface area contributed by atoms with Crippen LogP contribution in [0.5, 0.6) is 5.75 Å². The average molecular weight is 729 g/mol. The predicted molar refractivity (Wildman–Crippen MR) is 177 cm³/mol. The van der Waals surface area contributed by atoms with E-state index in [2.05, 4.69) is 31.4 Å². The van der Waals surface area contributed by atoms with Gasteiger partial charge in [-0.15, -0.1) is 5.10 Å². The summed E-state index contributed by atoms with van der Waals surface area (Å²) in [5, 5.41) is 17.0. The minimum absolute atomic E-state index is 0.0813. The maximum atomic E-state index is 13.5. The molecule has 5 rings (SSSR count). The summed E-state index contributed by atoms with van der Waals surface area (Å²) in [6.45, 7) is -0.238. The first-order valence-electron chi connectivity index (χ1n) is 13.0. The molecule has 0 spiro atoms. The average Bonchev–Trinajstić information content (AvgIpc) is 3.62. The van der Waals surface area contributed by atoms with Gasteiger partial charge in [0, 0.05) is 20.7 Å². The minimum atomic E-state index is -3.86. The second-order valence-electron chi connectivity index (χ2n) is 9.35. The van der Waals surface area contributed by atoms with Crippen molar-refractivity contribution < 1.29 is 27.2 Å². The smallest absolute Gasteiger partial charge is 0.267 e. The maximum absolute atomic E-state index is 13.5. The van der Waals surface area contributed by atoms with Gasteiger partial charge in [0.25, 0.3) is 11.8 Å². The van der Waals surface area contributed by atoms with E-state index in [1.165, 1.54) is 35.4 Å². The number of amides is 2. The molecule has 3 aromatic carbocycles. The van der Waals surface area contributed by atoms with Gasteiger partial charge >= 0.3 is 0 Å². The van der Waals surface area contributed by atoms with Crippen molar-refractivity contribution in [1.29, 1.82) is 0 Å². The lowest BCUT2D eigenvalue weighted by molar-refractivity contribution is -0.122. The van der Waals surface area contributed by atoms with Gasteiger partial charge in [-0.1, -0.05) is 39.7 Å². The number of thioether (sulfide) groups is 1. The molecule has 1 saturated heterocycles. The van der Waals surface area contributed by atoms with Crippen molar-refractivity contribution in [2.75, 3.05) is 11.9 Å². The second kappa shape index (κ2) is 14.3. The quantitative estimate of drug-likeness (QED) is 0.118. The molecule has 0 radical (unpaired) electrons. The molecule has 0 bridgehead atoms. The van der Waals surface area contributed by atoms with Crippen LogP contribution in [0, 0.1) is 0 Å². The van der Waals surface area contributed by atoms with Gasteiger partial charge in [-0.2, -0.15) is 5.10 Å². The van der Waals surface area contributed by atoms with Crippen molar-refractivity contribution in [2.24, 2.45) is 15.3 Å².